The fraction of sp³-hybridized carbons (Fsp3) is 0.500. The summed E-state index contributed by atoms with van der Waals surface area (Å²) in [6.45, 7) is 2.33. The van der Waals surface area contributed by atoms with E-state index in [9.17, 15) is 0 Å². The summed E-state index contributed by atoms with van der Waals surface area (Å²) in [4.78, 5) is 4.66. The normalized spacial score (nSPS) is 23.9. The van der Waals surface area contributed by atoms with Crippen LogP contribution in [0.1, 0.15) is 38.1 Å². The summed E-state index contributed by atoms with van der Waals surface area (Å²) in [5.74, 6) is 2.20. The van der Waals surface area contributed by atoms with E-state index in [0.717, 1.165) is 15.8 Å². The SMILES string of the molecule is CC1CCCC1n1c(CCl)nc2ccc(Br)cc21. The predicted molar refractivity (Wildman–Crippen MR) is 79.0 cm³/mol. The average Bonchev–Trinajstić information content (AvgIpc) is 2.91. The molecule has 1 fully saturated rings. The number of imidazole rings is 1. The number of fused-ring (bicyclic) bond motifs is 1. The average molecular weight is 328 g/mol. The molecule has 1 aliphatic rings. The molecule has 4 heteroatoms. The molecule has 0 bridgehead atoms. The first-order valence-electron chi connectivity index (χ1n) is 6.43. The summed E-state index contributed by atoms with van der Waals surface area (Å²) in [7, 11) is 0. The molecule has 0 aliphatic heterocycles. The van der Waals surface area contributed by atoms with E-state index in [1.54, 1.807) is 0 Å². The van der Waals surface area contributed by atoms with Crippen molar-refractivity contribution in [3.05, 3.63) is 28.5 Å². The number of aromatic nitrogens is 2. The molecule has 3 rings (SSSR count). The van der Waals surface area contributed by atoms with Gasteiger partial charge in [0.2, 0.25) is 0 Å². The van der Waals surface area contributed by atoms with Crippen LogP contribution in [0.3, 0.4) is 0 Å². The first kappa shape index (κ1) is 12.5. The van der Waals surface area contributed by atoms with Gasteiger partial charge < -0.3 is 4.57 Å². The van der Waals surface area contributed by atoms with Gasteiger partial charge in [-0.1, -0.05) is 29.3 Å². The zero-order valence-corrected chi connectivity index (χ0v) is 12.7. The molecule has 1 heterocycles. The Hall–Kier alpha value is -0.540. The van der Waals surface area contributed by atoms with Gasteiger partial charge in [-0.05, 0) is 37.0 Å². The summed E-state index contributed by atoms with van der Waals surface area (Å²) < 4.78 is 3.47. The zero-order chi connectivity index (χ0) is 12.7. The molecule has 18 heavy (non-hydrogen) atoms. The largest absolute Gasteiger partial charge is 0.324 e. The molecule has 0 N–H and O–H groups in total. The van der Waals surface area contributed by atoms with Gasteiger partial charge in [0.05, 0.1) is 16.9 Å². The molecule has 2 aromatic rings. The molecule has 0 saturated heterocycles. The Morgan fingerprint density at radius 2 is 2.28 bits per heavy atom. The Labute approximate surface area is 120 Å². The van der Waals surface area contributed by atoms with Crippen LogP contribution in [0.2, 0.25) is 0 Å². The van der Waals surface area contributed by atoms with Gasteiger partial charge >= 0.3 is 0 Å². The number of nitrogens with zero attached hydrogens (tertiary/aromatic N) is 2. The van der Waals surface area contributed by atoms with Crippen LogP contribution in [-0.2, 0) is 5.88 Å². The monoisotopic (exact) mass is 326 g/mol. The molecule has 1 aliphatic carbocycles. The Kier molecular flexibility index (Phi) is 3.37. The lowest BCUT2D eigenvalue weighted by Gasteiger charge is -2.20. The molecular weight excluding hydrogens is 312 g/mol. The summed E-state index contributed by atoms with van der Waals surface area (Å²) in [5.41, 5.74) is 2.26. The van der Waals surface area contributed by atoms with Gasteiger partial charge in [-0.25, -0.2) is 4.98 Å². The van der Waals surface area contributed by atoms with Crippen LogP contribution in [0.15, 0.2) is 22.7 Å². The van der Waals surface area contributed by atoms with Crippen molar-refractivity contribution < 1.29 is 0 Å². The van der Waals surface area contributed by atoms with Crippen molar-refractivity contribution in [2.45, 2.75) is 38.1 Å². The molecular formula is C14H16BrClN2. The second kappa shape index (κ2) is 4.86. The molecule has 0 spiro atoms. The molecule has 96 valence electrons. The second-order valence-electron chi connectivity index (χ2n) is 5.14. The summed E-state index contributed by atoms with van der Waals surface area (Å²) >= 11 is 9.62. The van der Waals surface area contributed by atoms with E-state index >= 15 is 0 Å². The third-order valence-electron chi connectivity index (χ3n) is 3.99. The van der Waals surface area contributed by atoms with E-state index in [0.29, 0.717) is 17.8 Å². The van der Waals surface area contributed by atoms with Crippen LogP contribution < -0.4 is 0 Å². The lowest BCUT2D eigenvalue weighted by Crippen LogP contribution is -2.14. The van der Waals surface area contributed by atoms with Gasteiger partial charge in [0.1, 0.15) is 5.82 Å². The van der Waals surface area contributed by atoms with Gasteiger partial charge in [-0.2, -0.15) is 0 Å². The predicted octanol–water partition coefficient (Wildman–Crippen LogP) is 4.90. The third-order valence-corrected chi connectivity index (χ3v) is 4.72. The first-order chi connectivity index (χ1) is 8.70. The van der Waals surface area contributed by atoms with Crippen molar-refractivity contribution in [3.63, 3.8) is 0 Å². The van der Waals surface area contributed by atoms with E-state index < -0.39 is 0 Å². The molecule has 2 nitrogen and oxygen atoms in total. The molecule has 0 radical (unpaired) electrons. The second-order valence-corrected chi connectivity index (χ2v) is 6.32. The Morgan fingerprint density at radius 1 is 1.44 bits per heavy atom. The maximum absolute atomic E-state index is 6.07. The van der Waals surface area contributed by atoms with E-state index in [-0.39, 0.29) is 0 Å². The Morgan fingerprint density at radius 3 is 2.94 bits per heavy atom. The van der Waals surface area contributed by atoms with Crippen LogP contribution in [0.25, 0.3) is 11.0 Å². The standard InChI is InChI=1S/C14H16BrClN2/c1-9-3-2-4-12(9)18-13-7-10(15)5-6-11(13)17-14(18)8-16/h5-7,9,12H,2-4,8H2,1H3. The summed E-state index contributed by atoms with van der Waals surface area (Å²) in [6, 6.07) is 6.81. The fourth-order valence-electron chi connectivity index (χ4n) is 3.09. The van der Waals surface area contributed by atoms with Crippen molar-refractivity contribution in [2.24, 2.45) is 5.92 Å². The Balaban J connectivity index is 2.21. The fourth-order valence-corrected chi connectivity index (χ4v) is 3.63. The topological polar surface area (TPSA) is 17.8 Å². The molecule has 1 aromatic heterocycles. The number of halogens is 2. The minimum atomic E-state index is 0.482. The van der Waals surface area contributed by atoms with Crippen molar-refractivity contribution >= 4 is 38.6 Å². The number of alkyl halides is 1. The van der Waals surface area contributed by atoms with E-state index in [2.05, 4.69) is 44.5 Å². The summed E-state index contributed by atoms with van der Waals surface area (Å²) in [6.07, 6.45) is 3.85. The van der Waals surface area contributed by atoms with E-state index in [1.165, 1.54) is 24.8 Å². The van der Waals surface area contributed by atoms with Crippen molar-refractivity contribution in [2.75, 3.05) is 0 Å². The number of hydrogen-bond donors (Lipinski definition) is 0. The van der Waals surface area contributed by atoms with Gasteiger partial charge in [-0.3, -0.25) is 0 Å². The highest BCUT2D eigenvalue weighted by Crippen LogP contribution is 2.38. The van der Waals surface area contributed by atoms with Crippen molar-refractivity contribution in [3.8, 4) is 0 Å². The van der Waals surface area contributed by atoms with Crippen LogP contribution in [0.4, 0.5) is 0 Å². The van der Waals surface area contributed by atoms with Gasteiger partial charge in [0.25, 0.3) is 0 Å². The van der Waals surface area contributed by atoms with Gasteiger partial charge in [-0.15, -0.1) is 11.6 Å². The highest BCUT2D eigenvalue weighted by molar-refractivity contribution is 9.10. The zero-order valence-electron chi connectivity index (χ0n) is 10.4. The number of rotatable bonds is 2. The minimum absolute atomic E-state index is 0.482. The van der Waals surface area contributed by atoms with E-state index in [4.69, 9.17) is 11.6 Å². The molecule has 2 unspecified atom stereocenters. The van der Waals surface area contributed by atoms with Crippen LogP contribution in [0, 0.1) is 5.92 Å². The lowest BCUT2D eigenvalue weighted by atomic mass is 10.1. The number of benzene rings is 1. The first-order valence-corrected chi connectivity index (χ1v) is 7.76. The van der Waals surface area contributed by atoms with Crippen LogP contribution in [0.5, 0.6) is 0 Å². The highest BCUT2D eigenvalue weighted by Gasteiger charge is 2.28. The minimum Gasteiger partial charge on any atom is -0.324 e. The van der Waals surface area contributed by atoms with Gasteiger partial charge in [0.15, 0.2) is 0 Å². The lowest BCUT2D eigenvalue weighted by molar-refractivity contribution is 0.408. The molecule has 1 saturated carbocycles. The van der Waals surface area contributed by atoms with E-state index in [1.807, 2.05) is 6.07 Å². The third kappa shape index (κ3) is 1.97. The molecule has 2 atom stereocenters. The maximum atomic E-state index is 6.07. The quantitative estimate of drug-likeness (QED) is 0.717. The molecule has 0 amide bonds. The Bertz CT molecular complexity index is 578. The van der Waals surface area contributed by atoms with Crippen LogP contribution in [-0.4, -0.2) is 9.55 Å². The van der Waals surface area contributed by atoms with Crippen molar-refractivity contribution in [1.82, 2.24) is 9.55 Å². The highest BCUT2D eigenvalue weighted by atomic mass is 79.9. The maximum Gasteiger partial charge on any atom is 0.125 e. The van der Waals surface area contributed by atoms with Crippen LogP contribution >= 0.6 is 27.5 Å². The smallest absolute Gasteiger partial charge is 0.125 e. The molecule has 1 aromatic carbocycles. The van der Waals surface area contributed by atoms with Gasteiger partial charge in [0, 0.05) is 10.5 Å². The number of hydrogen-bond acceptors (Lipinski definition) is 1. The van der Waals surface area contributed by atoms with Crippen molar-refractivity contribution in [1.29, 1.82) is 0 Å². The summed E-state index contributed by atoms with van der Waals surface area (Å²) in [5, 5.41) is 0.